The molecule has 0 spiro atoms. The van der Waals surface area contributed by atoms with Crippen LogP contribution >= 0.6 is 0 Å². The van der Waals surface area contributed by atoms with Crippen LogP contribution in [0.2, 0.25) is 0 Å². The molecule has 1 fully saturated rings. The smallest absolute Gasteiger partial charge is 0.256 e. The molecular weight excluding hydrogens is 340 g/mol. The number of carbonyl (C=O) groups is 1. The second kappa shape index (κ2) is 6.34. The van der Waals surface area contributed by atoms with Gasteiger partial charge < -0.3 is 18.9 Å². The summed E-state index contributed by atoms with van der Waals surface area (Å²) in [5, 5.41) is 1.01. The zero-order valence-electron chi connectivity index (χ0n) is 15.4. The van der Waals surface area contributed by atoms with Crippen molar-refractivity contribution >= 4 is 16.8 Å². The van der Waals surface area contributed by atoms with Crippen LogP contribution in [0.4, 0.5) is 0 Å². The predicted octanol–water partition coefficient (Wildman–Crippen LogP) is 3.93. The maximum atomic E-state index is 13.4. The number of rotatable bonds is 2. The fourth-order valence-corrected chi connectivity index (χ4v) is 4.29. The van der Waals surface area contributed by atoms with Crippen LogP contribution < -0.4 is 9.47 Å². The van der Waals surface area contributed by atoms with Crippen molar-refractivity contribution in [2.24, 2.45) is 7.05 Å². The van der Waals surface area contributed by atoms with Crippen LogP contribution in [0.5, 0.6) is 11.5 Å². The Labute approximate surface area is 158 Å². The molecule has 0 bridgehead atoms. The van der Waals surface area contributed by atoms with Crippen molar-refractivity contribution in [3.8, 4) is 11.5 Å². The lowest BCUT2D eigenvalue weighted by Crippen LogP contribution is -2.30. The molecule has 2 aliphatic rings. The van der Waals surface area contributed by atoms with Crippen molar-refractivity contribution in [1.82, 2.24) is 9.47 Å². The molecule has 1 amide bonds. The summed E-state index contributed by atoms with van der Waals surface area (Å²) >= 11 is 0. The van der Waals surface area contributed by atoms with Crippen LogP contribution in [0.1, 0.15) is 34.8 Å². The van der Waals surface area contributed by atoms with E-state index < -0.39 is 0 Å². The first-order valence-electron chi connectivity index (χ1n) is 9.47. The van der Waals surface area contributed by atoms with Gasteiger partial charge in [0.25, 0.3) is 5.91 Å². The highest BCUT2D eigenvalue weighted by Gasteiger charge is 2.32. The maximum Gasteiger partial charge on any atom is 0.256 e. The van der Waals surface area contributed by atoms with Gasteiger partial charge in [-0.05, 0) is 36.6 Å². The molecule has 1 saturated heterocycles. The number of para-hydroxylation sites is 1. The molecule has 27 heavy (non-hydrogen) atoms. The van der Waals surface area contributed by atoms with Crippen molar-refractivity contribution in [3.63, 3.8) is 0 Å². The van der Waals surface area contributed by atoms with Crippen LogP contribution in [-0.4, -0.2) is 35.1 Å². The number of aryl methyl sites for hydroxylation is 1. The third kappa shape index (κ3) is 2.65. The lowest BCUT2D eigenvalue weighted by atomic mass is 10.0. The summed E-state index contributed by atoms with van der Waals surface area (Å²) in [5.41, 5.74) is 2.97. The van der Waals surface area contributed by atoms with E-state index in [1.165, 1.54) is 0 Å². The van der Waals surface area contributed by atoms with Crippen LogP contribution in [0.25, 0.3) is 10.9 Å². The van der Waals surface area contributed by atoms with Crippen molar-refractivity contribution in [2.75, 3.05) is 19.8 Å². The highest BCUT2D eigenvalue weighted by molar-refractivity contribution is 6.07. The van der Waals surface area contributed by atoms with Gasteiger partial charge in [-0.2, -0.15) is 0 Å². The van der Waals surface area contributed by atoms with Gasteiger partial charge >= 0.3 is 0 Å². The summed E-state index contributed by atoms with van der Waals surface area (Å²) in [7, 11) is 1.99. The van der Waals surface area contributed by atoms with Crippen molar-refractivity contribution < 1.29 is 14.3 Å². The third-order valence-corrected chi connectivity index (χ3v) is 5.59. The average Bonchev–Trinajstić information content (AvgIpc) is 3.33. The van der Waals surface area contributed by atoms with Gasteiger partial charge in [0.2, 0.25) is 0 Å². The number of amides is 1. The Morgan fingerprint density at radius 3 is 2.78 bits per heavy atom. The summed E-state index contributed by atoms with van der Waals surface area (Å²) in [6.07, 6.45) is 3.93. The van der Waals surface area contributed by atoms with Gasteiger partial charge in [-0.3, -0.25) is 4.79 Å². The number of hydrogen-bond acceptors (Lipinski definition) is 3. The summed E-state index contributed by atoms with van der Waals surface area (Å²) in [5.74, 6) is 1.67. The van der Waals surface area contributed by atoms with Gasteiger partial charge in [0.05, 0.1) is 11.6 Å². The van der Waals surface area contributed by atoms with Crippen molar-refractivity contribution in [2.45, 2.75) is 18.9 Å². The minimum absolute atomic E-state index is 0.0762. The van der Waals surface area contributed by atoms with E-state index in [1.807, 2.05) is 59.1 Å². The second-order valence-electron chi connectivity index (χ2n) is 7.23. The van der Waals surface area contributed by atoms with E-state index in [0.29, 0.717) is 13.2 Å². The number of benzene rings is 2. The highest BCUT2D eigenvalue weighted by Crippen LogP contribution is 2.39. The van der Waals surface area contributed by atoms with E-state index in [2.05, 4.69) is 6.07 Å². The number of fused-ring (bicyclic) bond motifs is 2. The van der Waals surface area contributed by atoms with E-state index in [0.717, 1.165) is 52.9 Å². The molecule has 3 heterocycles. The minimum Gasteiger partial charge on any atom is -0.486 e. The molecule has 5 heteroatoms. The summed E-state index contributed by atoms with van der Waals surface area (Å²) in [4.78, 5) is 15.4. The maximum absolute atomic E-state index is 13.4. The molecule has 1 atom stereocenters. The van der Waals surface area contributed by atoms with Gasteiger partial charge in [0.1, 0.15) is 13.2 Å². The normalized spacial score (nSPS) is 18.9. The quantitative estimate of drug-likeness (QED) is 0.694. The number of nitrogens with zero attached hydrogens (tertiary/aromatic N) is 2. The fraction of sp³-hybridized carbons (Fsp3) is 0.318. The molecule has 5 nitrogen and oxygen atoms in total. The SMILES string of the molecule is Cn1cc(C(=O)N2CCC[C@H]2c2ccc3c(c2)OCCO3)c2ccccc21. The number of aromatic nitrogens is 1. The van der Waals surface area contributed by atoms with Crippen LogP contribution in [-0.2, 0) is 7.05 Å². The molecule has 138 valence electrons. The Balaban J connectivity index is 1.50. The third-order valence-electron chi connectivity index (χ3n) is 5.59. The van der Waals surface area contributed by atoms with Gasteiger partial charge in [-0.15, -0.1) is 0 Å². The molecule has 1 aromatic heterocycles. The molecule has 0 aliphatic carbocycles. The first kappa shape index (κ1) is 16.2. The first-order chi connectivity index (χ1) is 13.2. The number of likely N-dealkylation sites (tertiary alicyclic amines) is 1. The summed E-state index contributed by atoms with van der Waals surface area (Å²) in [6, 6.07) is 14.2. The largest absolute Gasteiger partial charge is 0.486 e. The zero-order valence-corrected chi connectivity index (χ0v) is 15.4. The van der Waals surface area contributed by atoms with Crippen molar-refractivity contribution in [1.29, 1.82) is 0 Å². The fourth-order valence-electron chi connectivity index (χ4n) is 4.29. The van der Waals surface area contributed by atoms with Gasteiger partial charge in [-0.1, -0.05) is 24.3 Å². The number of hydrogen-bond donors (Lipinski definition) is 0. The average molecular weight is 362 g/mol. The van der Waals surface area contributed by atoms with E-state index in [-0.39, 0.29) is 11.9 Å². The molecule has 0 saturated carbocycles. The lowest BCUT2D eigenvalue weighted by molar-refractivity contribution is 0.0737. The van der Waals surface area contributed by atoms with E-state index in [1.54, 1.807) is 0 Å². The van der Waals surface area contributed by atoms with Crippen LogP contribution in [0.15, 0.2) is 48.7 Å². The molecule has 3 aromatic rings. The highest BCUT2D eigenvalue weighted by atomic mass is 16.6. The topological polar surface area (TPSA) is 43.7 Å². The number of carbonyl (C=O) groups excluding carboxylic acids is 1. The van der Waals surface area contributed by atoms with Gasteiger partial charge in [0.15, 0.2) is 11.5 Å². The molecule has 2 aliphatic heterocycles. The first-order valence-corrected chi connectivity index (χ1v) is 9.47. The monoisotopic (exact) mass is 362 g/mol. The molecular formula is C22H22N2O3. The predicted molar refractivity (Wildman–Crippen MR) is 103 cm³/mol. The Kier molecular flexibility index (Phi) is 3.81. The van der Waals surface area contributed by atoms with Crippen molar-refractivity contribution in [3.05, 3.63) is 59.8 Å². The van der Waals surface area contributed by atoms with E-state index in [4.69, 9.17) is 9.47 Å². The summed E-state index contributed by atoms with van der Waals surface area (Å²) < 4.78 is 13.4. The molecule has 0 unspecified atom stereocenters. The van der Waals surface area contributed by atoms with Gasteiger partial charge in [-0.25, -0.2) is 0 Å². The lowest BCUT2D eigenvalue weighted by Gasteiger charge is -2.26. The molecule has 0 radical (unpaired) electrons. The van der Waals surface area contributed by atoms with Gasteiger partial charge in [0, 0.05) is 30.7 Å². The molecule has 5 rings (SSSR count). The minimum atomic E-state index is 0.0762. The number of ether oxygens (including phenoxy) is 2. The van der Waals surface area contributed by atoms with Crippen LogP contribution in [0.3, 0.4) is 0 Å². The van der Waals surface area contributed by atoms with Crippen LogP contribution in [0, 0.1) is 0 Å². The van der Waals surface area contributed by atoms with E-state index >= 15 is 0 Å². The Hall–Kier alpha value is -2.95. The Morgan fingerprint density at radius 2 is 1.89 bits per heavy atom. The summed E-state index contributed by atoms with van der Waals surface area (Å²) in [6.45, 7) is 1.93. The zero-order chi connectivity index (χ0) is 18.4. The Bertz CT molecular complexity index is 1020. The second-order valence-corrected chi connectivity index (χ2v) is 7.23. The standard InChI is InChI=1S/C22H22N2O3/c1-23-14-17(16-5-2-3-6-19(16)23)22(25)24-10-4-7-18(24)15-8-9-20-21(13-15)27-12-11-26-20/h2-3,5-6,8-9,13-14,18H,4,7,10-12H2,1H3/t18-/m0/s1. The Morgan fingerprint density at radius 1 is 1.07 bits per heavy atom. The van der Waals surface area contributed by atoms with E-state index in [9.17, 15) is 4.79 Å². The molecule has 2 aromatic carbocycles. The molecule has 0 N–H and O–H groups in total.